The van der Waals surface area contributed by atoms with E-state index >= 15 is 0 Å². The average molecular weight is 321 g/mol. The second-order valence-corrected chi connectivity index (χ2v) is 5.22. The van der Waals surface area contributed by atoms with Gasteiger partial charge in [-0.25, -0.2) is 0 Å². The zero-order chi connectivity index (χ0) is 17.3. The molecule has 0 saturated heterocycles. The van der Waals surface area contributed by atoms with Crippen molar-refractivity contribution < 1.29 is 9.59 Å². The minimum atomic E-state index is -0.831. The summed E-state index contributed by atoms with van der Waals surface area (Å²) in [4.78, 5) is 24.1. The third-order valence-electron chi connectivity index (χ3n) is 3.51. The summed E-state index contributed by atoms with van der Waals surface area (Å²) >= 11 is 0. The Morgan fingerprint density at radius 1 is 1.00 bits per heavy atom. The molecule has 0 N–H and O–H groups in total. The van der Waals surface area contributed by atoms with Crippen molar-refractivity contribution in [1.29, 1.82) is 0 Å². The molecule has 0 bridgehead atoms. The van der Waals surface area contributed by atoms with Gasteiger partial charge in [0.2, 0.25) is 11.6 Å². The van der Waals surface area contributed by atoms with Crippen LogP contribution in [0, 0.1) is 10.4 Å². The number of hydroxylamine groups is 2. The van der Waals surface area contributed by atoms with E-state index in [0.29, 0.717) is 11.1 Å². The van der Waals surface area contributed by atoms with Gasteiger partial charge < -0.3 is 15.6 Å². The number of carbonyl (C=O) groups excluding carboxylic acids is 2. The number of hydrogen-bond donors (Lipinski definition) is 0. The molecule has 1 aromatic rings. The molecule has 0 amide bonds. The highest BCUT2D eigenvalue weighted by Crippen LogP contribution is 2.19. The van der Waals surface area contributed by atoms with E-state index in [0.717, 1.165) is 5.56 Å². The zero-order valence-electron chi connectivity index (χ0n) is 12.6. The summed E-state index contributed by atoms with van der Waals surface area (Å²) in [6, 6.07) is 7.14. The molecule has 0 aliphatic heterocycles. The predicted octanol–water partition coefficient (Wildman–Crippen LogP) is 2.14. The van der Waals surface area contributed by atoms with E-state index in [1.807, 2.05) is 12.1 Å². The van der Waals surface area contributed by atoms with Crippen molar-refractivity contribution in [2.75, 3.05) is 0 Å². The van der Waals surface area contributed by atoms with Gasteiger partial charge in [-0.15, -0.1) is 10.2 Å². The Kier molecular flexibility index (Phi) is 4.03. The fourth-order valence-electron chi connectivity index (χ4n) is 2.39. The topological polar surface area (TPSA) is 108 Å². The first kappa shape index (κ1) is 15.7. The highest BCUT2D eigenvalue weighted by molar-refractivity contribution is 6.53. The van der Waals surface area contributed by atoms with Gasteiger partial charge in [0.05, 0.1) is 5.70 Å². The van der Waals surface area contributed by atoms with Crippen molar-refractivity contribution in [1.82, 2.24) is 5.23 Å². The molecule has 2 aliphatic rings. The molecule has 7 nitrogen and oxygen atoms in total. The Hall–Kier alpha value is -3.16. The lowest BCUT2D eigenvalue weighted by atomic mass is 9.95. The van der Waals surface area contributed by atoms with Gasteiger partial charge in [-0.05, 0) is 36.3 Å². The van der Waals surface area contributed by atoms with Crippen LogP contribution in [-0.2, 0) is 9.59 Å². The van der Waals surface area contributed by atoms with E-state index in [-0.39, 0.29) is 17.2 Å². The maximum atomic E-state index is 12.1. The molecule has 0 fully saturated rings. The number of hydrogen-bond acceptors (Lipinski definition) is 7. The first-order valence-electron chi connectivity index (χ1n) is 7.04. The van der Waals surface area contributed by atoms with Gasteiger partial charge in [0, 0.05) is 5.56 Å². The second kappa shape index (κ2) is 6.15. The summed E-state index contributed by atoms with van der Waals surface area (Å²) in [6.07, 6.45) is 5.62. The van der Waals surface area contributed by atoms with Crippen LogP contribution >= 0.6 is 0 Å². The van der Waals surface area contributed by atoms with Gasteiger partial charge in [-0.1, -0.05) is 30.3 Å². The van der Waals surface area contributed by atoms with Gasteiger partial charge in [-0.3, -0.25) is 9.59 Å². The monoisotopic (exact) mass is 321 g/mol. The number of benzene rings is 1. The summed E-state index contributed by atoms with van der Waals surface area (Å²) in [7, 11) is 0. The normalized spacial score (nSPS) is 20.1. The van der Waals surface area contributed by atoms with E-state index in [2.05, 4.69) is 10.2 Å². The molecule has 0 heterocycles. The SMILES string of the molecule is CC1=CC(=NN=C2C(=O)C=Cc3ccccc32)C(=O)C(N([O-])[O-])=C1. The number of carbonyl (C=O) groups is 2. The summed E-state index contributed by atoms with van der Waals surface area (Å²) in [5.41, 5.74) is 1.28. The molecule has 0 radical (unpaired) electrons. The van der Waals surface area contributed by atoms with Crippen molar-refractivity contribution in [2.45, 2.75) is 6.92 Å². The van der Waals surface area contributed by atoms with E-state index in [9.17, 15) is 20.0 Å². The van der Waals surface area contributed by atoms with Crippen LogP contribution in [-0.4, -0.2) is 28.2 Å². The Morgan fingerprint density at radius 2 is 1.75 bits per heavy atom. The first-order chi connectivity index (χ1) is 11.5. The van der Waals surface area contributed by atoms with Crippen LogP contribution in [0.1, 0.15) is 18.1 Å². The molecule has 1 aromatic carbocycles. The van der Waals surface area contributed by atoms with E-state index in [4.69, 9.17) is 0 Å². The molecule has 120 valence electrons. The standard InChI is InChI=1S/C17H11N3O4/c1-10-8-13(17(22)14(9-10)20(23)24)18-19-16-12-5-3-2-4-11(12)6-7-15(16)21/h2-9H,1H3/q-2. The van der Waals surface area contributed by atoms with Gasteiger partial charge in [0.25, 0.3) is 0 Å². The predicted molar refractivity (Wildman–Crippen MR) is 89.9 cm³/mol. The Labute approximate surface area is 137 Å². The summed E-state index contributed by atoms with van der Waals surface area (Å²) in [5, 5.41) is 28.8. The van der Waals surface area contributed by atoms with Crippen LogP contribution in [0.2, 0.25) is 0 Å². The number of rotatable bonds is 2. The first-order valence-corrected chi connectivity index (χ1v) is 7.04. The lowest BCUT2D eigenvalue weighted by Gasteiger charge is -2.39. The number of Topliss-reactive ketones (excluding diaryl/α,β-unsaturated/α-hetero) is 1. The highest BCUT2D eigenvalue weighted by Gasteiger charge is 2.21. The van der Waals surface area contributed by atoms with Crippen LogP contribution in [0.25, 0.3) is 6.08 Å². The molecule has 0 unspecified atom stereocenters. The molecular formula is C17H11N3O4-2. The van der Waals surface area contributed by atoms with Gasteiger partial charge in [0.15, 0.2) is 0 Å². The van der Waals surface area contributed by atoms with E-state index in [1.54, 1.807) is 25.1 Å². The fourth-order valence-corrected chi connectivity index (χ4v) is 2.39. The molecular weight excluding hydrogens is 310 g/mol. The highest BCUT2D eigenvalue weighted by atomic mass is 16.8. The summed E-state index contributed by atoms with van der Waals surface area (Å²) in [5.74, 6) is -1.17. The molecule has 24 heavy (non-hydrogen) atoms. The van der Waals surface area contributed by atoms with Crippen LogP contribution in [0.5, 0.6) is 0 Å². The van der Waals surface area contributed by atoms with Crippen LogP contribution in [0.3, 0.4) is 0 Å². The van der Waals surface area contributed by atoms with Crippen molar-refractivity contribution in [3.05, 3.63) is 75.3 Å². The molecule has 7 heteroatoms. The van der Waals surface area contributed by atoms with E-state index < -0.39 is 16.7 Å². The van der Waals surface area contributed by atoms with Gasteiger partial charge >= 0.3 is 0 Å². The second-order valence-electron chi connectivity index (χ2n) is 5.22. The minimum Gasteiger partial charge on any atom is -0.769 e. The maximum Gasteiger partial charge on any atom is 0.227 e. The van der Waals surface area contributed by atoms with Gasteiger partial charge in [-0.2, -0.15) is 0 Å². The van der Waals surface area contributed by atoms with Crippen molar-refractivity contribution >= 4 is 29.1 Å². The lowest BCUT2D eigenvalue weighted by Crippen LogP contribution is -2.26. The van der Waals surface area contributed by atoms with Crippen LogP contribution < -0.4 is 0 Å². The van der Waals surface area contributed by atoms with Crippen LogP contribution in [0.4, 0.5) is 0 Å². The molecule has 0 saturated carbocycles. The van der Waals surface area contributed by atoms with Gasteiger partial charge in [0.1, 0.15) is 11.4 Å². The molecule has 3 rings (SSSR count). The van der Waals surface area contributed by atoms with E-state index in [1.165, 1.54) is 18.2 Å². The van der Waals surface area contributed by atoms with Crippen molar-refractivity contribution in [2.24, 2.45) is 10.2 Å². The number of allylic oxidation sites excluding steroid dienone is 5. The Bertz CT molecular complexity index is 889. The fraction of sp³-hybridized carbons (Fsp3) is 0.0588. The minimum absolute atomic E-state index is 0.0941. The molecule has 0 spiro atoms. The third kappa shape index (κ3) is 2.85. The number of ketones is 2. The van der Waals surface area contributed by atoms with Crippen molar-refractivity contribution in [3.8, 4) is 0 Å². The molecule has 0 aromatic heterocycles. The number of nitrogens with zero attached hydrogens (tertiary/aromatic N) is 3. The Balaban J connectivity index is 2.02. The van der Waals surface area contributed by atoms with Crippen molar-refractivity contribution in [3.63, 3.8) is 0 Å². The zero-order valence-corrected chi connectivity index (χ0v) is 12.6. The smallest absolute Gasteiger partial charge is 0.227 e. The molecule has 0 atom stereocenters. The lowest BCUT2D eigenvalue weighted by molar-refractivity contribution is -0.111. The maximum absolute atomic E-state index is 12.1. The van der Waals surface area contributed by atoms with Crippen LogP contribution in [0.15, 0.2) is 64.0 Å². The third-order valence-corrected chi connectivity index (χ3v) is 3.51. The largest absolute Gasteiger partial charge is 0.769 e. The number of fused-ring (bicyclic) bond motifs is 1. The average Bonchev–Trinajstić information content (AvgIpc) is 2.56. The quantitative estimate of drug-likeness (QED) is 0.612. The molecule has 2 aliphatic carbocycles. The Morgan fingerprint density at radius 3 is 2.50 bits per heavy atom. The summed E-state index contributed by atoms with van der Waals surface area (Å²) < 4.78 is 0. The summed E-state index contributed by atoms with van der Waals surface area (Å²) in [6.45, 7) is 1.61.